The van der Waals surface area contributed by atoms with Gasteiger partial charge in [-0.25, -0.2) is 5.84 Å². The third-order valence-electron chi connectivity index (χ3n) is 2.86. The van der Waals surface area contributed by atoms with E-state index < -0.39 is 0 Å². The van der Waals surface area contributed by atoms with Gasteiger partial charge in [-0.15, -0.1) is 0 Å². The van der Waals surface area contributed by atoms with E-state index in [1.165, 1.54) is 6.07 Å². The zero-order valence-electron chi connectivity index (χ0n) is 11.2. The van der Waals surface area contributed by atoms with Gasteiger partial charge in [0.2, 0.25) is 0 Å². The Bertz CT molecular complexity index is 679. The molecular weight excluding hydrogens is 258 g/mol. The molecule has 20 heavy (non-hydrogen) atoms. The smallest absolute Gasteiger partial charge is 0.197 e. The predicted octanol–water partition coefficient (Wildman–Crippen LogP) is 1.76. The summed E-state index contributed by atoms with van der Waals surface area (Å²) in [6, 6.07) is 6.38. The highest BCUT2D eigenvalue weighted by Gasteiger charge is 2.12. The van der Waals surface area contributed by atoms with E-state index in [0.717, 1.165) is 12.8 Å². The highest BCUT2D eigenvalue weighted by Crippen LogP contribution is 2.23. The number of hydrogen-bond donors (Lipinski definition) is 3. The first-order valence-electron chi connectivity index (χ1n) is 6.42. The van der Waals surface area contributed by atoms with E-state index in [-0.39, 0.29) is 17.0 Å². The van der Waals surface area contributed by atoms with Crippen molar-refractivity contribution in [3.8, 4) is 5.75 Å². The van der Waals surface area contributed by atoms with Crippen LogP contribution < -0.4 is 21.4 Å². The van der Waals surface area contributed by atoms with E-state index in [4.69, 9.17) is 20.4 Å². The summed E-state index contributed by atoms with van der Waals surface area (Å²) >= 11 is 0. The lowest BCUT2D eigenvalue weighted by molar-refractivity contribution is 0.312. The standard InChI is InChI=1S/C14H17N3O3/c1-2-3-7-19-10-5-4-6-11-13(10)9(18)8-12(20-11)14(15)17-16/h4-6,8H,2-3,7,16H2,1H3,(H2,15,17). The molecule has 0 unspecified atom stereocenters. The molecule has 6 nitrogen and oxygen atoms in total. The topological polar surface area (TPSA) is 101 Å². The molecule has 0 saturated heterocycles. The fourth-order valence-electron chi connectivity index (χ4n) is 1.82. The Kier molecular flexibility index (Phi) is 4.37. The summed E-state index contributed by atoms with van der Waals surface area (Å²) in [5.41, 5.74) is 2.27. The monoisotopic (exact) mass is 275 g/mol. The van der Waals surface area contributed by atoms with Crippen molar-refractivity contribution >= 4 is 16.8 Å². The SMILES string of the molecule is CCCCOc1cccc2oc(C(=N)NN)cc(=O)c12. The van der Waals surface area contributed by atoms with Crippen molar-refractivity contribution in [1.29, 1.82) is 5.41 Å². The van der Waals surface area contributed by atoms with Gasteiger partial charge in [0.1, 0.15) is 16.7 Å². The van der Waals surface area contributed by atoms with Gasteiger partial charge in [0, 0.05) is 6.07 Å². The molecule has 0 spiro atoms. The van der Waals surface area contributed by atoms with Gasteiger partial charge in [-0.2, -0.15) is 0 Å². The van der Waals surface area contributed by atoms with Crippen LogP contribution in [-0.2, 0) is 0 Å². The summed E-state index contributed by atoms with van der Waals surface area (Å²) in [5, 5.41) is 7.93. The van der Waals surface area contributed by atoms with Gasteiger partial charge in [-0.1, -0.05) is 19.4 Å². The molecule has 1 aromatic heterocycles. The van der Waals surface area contributed by atoms with Gasteiger partial charge in [-0.3, -0.25) is 10.2 Å². The van der Waals surface area contributed by atoms with Crippen LogP contribution in [0, 0.1) is 5.41 Å². The van der Waals surface area contributed by atoms with Gasteiger partial charge >= 0.3 is 0 Å². The van der Waals surface area contributed by atoms with Crippen LogP contribution in [0.2, 0.25) is 0 Å². The molecule has 1 heterocycles. The predicted molar refractivity (Wildman–Crippen MR) is 77.0 cm³/mol. The molecule has 0 aliphatic rings. The van der Waals surface area contributed by atoms with Crippen molar-refractivity contribution in [2.45, 2.75) is 19.8 Å². The minimum Gasteiger partial charge on any atom is -0.493 e. The van der Waals surface area contributed by atoms with Gasteiger partial charge in [0.25, 0.3) is 0 Å². The molecule has 2 aromatic rings. The lowest BCUT2D eigenvalue weighted by atomic mass is 10.2. The van der Waals surface area contributed by atoms with Crippen molar-refractivity contribution in [1.82, 2.24) is 5.43 Å². The zero-order valence-corrected chi connectivity index (χ0v) is 11.2. The van der Waals surface area contributed by atoms with Crippen molar-refractivity contribution in [3.63, 3.8) is 0 Å². The summed E-state index contributed by atoms with van der Waals surface area (Å²) in [5.74, 6) is 5.59. The second-order valence-electron chi connectivity index (χ2n) is 4.33. The fraction of sp³-hybridized carbons (Fsp3) is 0.286. The molecule has 0 saturated carbocycles. The first-order valence-corrected chi connectivity index (χ1v) is 6.42. The summed E-state index contributed by atoms with van der Waals surface area (Å²) in [4.78, 5) is 12.2. The number of unbranched alkanes of at least 4 members (excludes halogenated alkanes) is 1. The maximum Gasteiger partial charge on any atom is 0.197 e. The van der Waals surface area contributed by atoms with Gasteiger partial charge < -0.3 is 14.6 Å². The minimum atomic E-state index is -0.256. The molecule has 1 aromatic carbocycles. The first-order chi connectivity index (χ1) is 9.67. The molecule has 0 radical (unpaired) electrons. The van der Waals surface area contributed by atoms with Crippen LogP contribution in [0.1, 0.15) is 25.5 Å². The van der Waals surface area contributed by atoms with Gasteiger partial charge in [-0.05, 0) is 18.6 Å². The van der Waals surface area contributed by atoms with E-state index in [1.807, 2.05) is 0 Å². The molecule has 0 aliphatic carbocycles. The number of amidine groups is 1. The van der Waals surface area contributed by atoms with Crippen LogP contribution in [0.15, 0.2) is 33.5 Å². The number of hydrogen-bond acceptors (Lipinski definition) is 5. The molecule has 0 fully saturated rings. The van der Waals surface area contributed by atoms with E-state index in [1.54, 1.807) is 18.2 Å². The van der Waals surface area contributed by atoms with Crippen molar-refractivity contribution in [2.24, 2.45) is 5.84 Å². The van der Waals surface area contributed by atoms with Crippen LogP contribution in [-0.4, -0.2) is 12.4 Å². The highest BCUT2D eigenvalue weighted by molar-refractivity contribution is 5.95. The summed E-state index contributed by atoms with van der Waals surface area (Å²) in [6.07, 6.45) is 1.93. The molecule has 6 heteroatoms. The van der Waals surface area contributed by atoms with Crippen LogP contribution in [0.3, 0.4) is 0 Å². The Hall–Kier alpha value is -2.34. The first kappa shape index (κ1) is 14.1. The molecule has 0 aliphatic heterocycles. The maximum atomic E-state index is 12.2. The van der Waals surface area contributed by atoms with Crippen LogP contribution in [0.4, 0.5) is 0 Å². The fourth-order valence-corrected chi connectivity index (χ4v) is 1.82. The van der Waals surface area contributed by atoms with Crippen LogP contribution >= 0.6 is 0 Å². The second-order valence-corrected chi connectivity index (χ2v) is 4.33. The third-order valence-corrected chi connectivity index (χ3v) is 2.86. The molecule has 4 N–H and O–H groups in total. The molecule has 2 rings (SSSR count). The number of nitrogens with two attached hydrogens (primary N) is 1. The Labute approximate surface area is 116 Å². The Balaban J connectivity index is 2.47. The number of rotatable bonds is 5. The third kappa shape index (κ3) is 2.80. The molecule has 0 amide bonds. The Morgan fingerprint density at radius 2 is 2.30 bits per heavy atom. The van der Waals surface area contributed by atoms with Crippen molar-refractivity contribution in [3.05, 3.63) is 40.2 Å². The number of ether oxygens (including phenoxy) is 1. The van der Waals surface area contributed by atoms with Gasteiger partial charge in [0.15, 0.2) is 17.0 Å². The molecule has 0 bridgehead atoms. The number of hydrazine groups is 1. The normalized spacial score (nSPS) is 10.5. The number of nitrogens with one attached hydrogen (secondary N) is 2. The number of benzene rings is 1. The highest BCUT2D eigenvalue weighted by atomic mass is 16.5. The van der Waals surface area contributed by atoms with Crippen molar-refractivity contribution in [2.75, 3.05) is 6.61 Å². The lowest BCUT2D eigenvalue weighted by Crippen LogP contribution is -2.30. The van der Waals surface area contributed by atoms with Crippen molar-refractivity contribution < 1.29 is 9.15 Å². The maximum absolute atomic E-state index is 12.2. The van der Waals surface area contributed by atoms with Gasteiger partial charge in [0.05, 0.1) is 6.61 Å². The van der Waals surface area contributed by atoms with E-state index >= 15 is 0 Å². The molecular formula is C14H17N3O3. The number of fused-ring (bicyclic) bond motifs is 1. The zero-order chi connectivity index (χ0) is 14.5. The van der Waals surface area contributed by atoms with Crippen LogP contribution in [0.25, 0.3) is 11.0 Å². The largest absolute Gasteiger partial charge is 0.493 e. The summed E-state index contributed by atoms with van der Waals surface area (Å²) < 4.78 is 11.1. The van der Waals surface area contributed by atoms with E-state index in [0.29, 0.717) is 23.3 Å². The second kappa shape index (κ2) is 6.21. The molecule has 106 valence electrons. The minimum absolute atomic E-state index is 0.0932. The Morgan fingerprint density at radius 1 is 1.50 bits per heavy atom. The quantitative estimate of drug-likeness (QED) is 0.254. The van der Waals surface area contributed by atoms with E-state index in [9.17, 15) is 4.79 Å². The molecule has 0 atom stereocenters. The Morgan fingerprint density at radius 3 is 3.00 bits per heavy atom. The summed E-state index contributed by atoms with van der Waals surface area (Å²) in [6.45, 7) is 2.62. The lowest BCUT2D eigenvalue weighted by Gasteiger charge is -2.09. The van der Waals surface area contributed by atoms with E-state index in [2.05, 4.69) is 12.3 Å². The summed E-state index contributed by atoms with van der Waals surface area (Å²) in [7, 11) is 0. The van der Waals surface area contributed by atoms with Crippen LogP contribution in [0.5, 0.6) is 5.75 Å². The average molecular weight is 275 g/mol. The average Bonchev–Trinajstić information content (AvgIpc) is 2.46.